The number of carboxylic acid groups (broad SMARTS) is 2. The lowest BCUT2D eigenvalue weighted by molar-refractivity contribution is -0.192. The Labute approximate surface area is 235 Å². The van der Waals surface area contributed by atoms with Crippen LogP contribution in [0.4, 0.5) is 23.2 Å². The van der Waals surface area contributed by atoms with Gasteiger partial charge in [0.25, 0.3) is 0 Å². The van der Waals surface area contributed by atoms with Crippen LogP contribution < -0.4 is 21.4 Å². The number of halogens is 5. The molecule has 0 bridgehead atoms. The molecule has 2 fully saturated rings. The summed E-state index contributed by atoms with van der Waals surface area (Å²) in [5.74, 6) is -4.77. The molecule has 41 heavy (non-hydrogen) atoms. The molecule has 5 N–H and O–H groups in total. The number of aliphatic carboxylic acids is 1. The van der Waals surface area contributed by atoms with Crippen LogP contribution in [0.15, 0.2) is 29.2 Å². The Morgan fingerprint density at radius 2 is 1.83 bits per heavy atom. The molecular weight excluding hydrogens is 576 g/mol. The largest absolute Gasteiger partial charge is 0.490 e. The Morgan fingerprint density at radius 3 is 2.37 bits per heavy atom. The number of alkyl halides is 3. The molecule has 5 rings (SSSR count). The first kappa shape index (κ1) is 30.3. The number of aromatic nitrogens is 1. The number of aromatic carboxylic acids is 1. The molecule has 1 saturated heterocycles. The lowest BCUT2D eigenvalue weighted by Gasteiger charge is -2.29. The van der Waals surface area contributed by atoms with Crippen molar-refractivity contribution in [2.45, 2.75) is 50.5 Å². The summed E-state index contributed by atoms with van der Waals surface area (Å²) in [6.07, 6.45) is 2.69. The quantitative estimate of drug-likeness (QED) is 0.300. The number of carboxylic acids is 2. The van der Waals surface area contributed by atoms with Gasteiger partial charge in [0.15, 0.2) is 0 Å². The summed E-state index contributed by atoms with van der Waals surface area (Å²) < 4.78 is 48.9. The highest BCUT2D eigenvalue weighted by Crippen LogP contribution is 2.44. The van der Waals surface area contributed by atoms with Gasteiger partial charge in [-0.05, 0) is 38.2 Å². The zero-order chi connectivity index (χ0) is 30.4. The highest BCUT2D eigenvalue weighted by Gasteiger charge is 2.41. The van der Waals surface area contributed by atoms with Crippen LogP contribution in [-0.2, 0) is 9.59 Å². The predicted octanol–water partition coefficient (Wildman–Crippen LogP) is 3.30. The van der Waals surface area contributed by atoms with E-state index >= 15 is 4.39 Å². The number of benzene rings is 1. The van der Waals surface area contributed by atoms with E-state index in [2.05, 4.69) is 5.32 Å². The maximum Gasteiger partial charge on any atom is 0.490 e. The normalized spacial score (nSPS) is 22.5. The highest BCUT2D eigenvalue weighted by molar-refractivity contribution is 6.38. The minimum Gasteiger partial charge on any atom is -0.477 e. The minimum atomic E-state index is -5.08. The molecule has 2 heterocycles. The molecule has 1 aliphatic heterocycles. The second-order valence-corrected chi connectivity index (χ2v) is 10.7. The standard InChI is InChI=1S/C24H26ClFN4O4.C2HF3O2/c1-11(27)23(32)28-18-4-2-3-12-8-29(9-15(12)18)21-17(26)7-14-20(19(21)25)30(13-5-6-13)10-16(22(14)31)24(33)34;3-2(4,5)1(6)7/h2,4,7,10-13,15,18H,3,5-6,8-9,27H2,1H3,(H,28,32)(H,33,34);(H,6,7)/t11-,12?,15?,18?;/m0./s1. The number of amides is 1. The summed E-state index contributed by atoms with van der Waals surface area (Å²) in [6, 6.07) is 0.292. The van der Waals surface area contributed by atoms with E-state index in [-0.39, 0.29) is 45.9 Å². The van der Waals surface area contributed by atoms with Gasteiger partial charge in [0, 0.05) is 31.2 Å². The van der Waals surface area contributed by atoms with Gasteiger partial charge in [-0.2, -0.15) is 13.2 Å². The fraction of sp³-hybridized carbons (Fsp3) is 0.462. The maximum absolute atomic E-state index is 15.5. The monoisotopic (exact) mass is 602 g/mol. The van der Waals surface area contributed by atoms with E-state index < -0.39 is 41.0 Å². The third-order valence-corrected chi connectivity index (χ3v) is 7.73. The van der Waals surface area contributed by atoms with Crippen molar-refractivity contribution in [2.75, 3.05) is 18.0 Å². The van der Waals surface area contributed by atoms with Gasteiger partial charge in [-0.25, -0.2) is 14.0 Å². The predicted molar refractivity (Wildman–Crippen MR) is 141 cm³/mol. The fourth-order valence-electron chi connectivity index (χ4n) is 5.24. The number of hydrogen-bond donors (Lipinski definition) is 4. The Bertz CT molecular complexity index is 1490. The van der Waals surface area contributed by atoms with E-state index in [9.17, 15) is 32.7 Å². The lowest BCUT2D eigenvalue weighted by Crippen LogP contribution is -2.48. The van der Waals surface area contributed by atoms with Gasteiger partial charge in [0.05, 0.1) is 33.7 Å². The number of rotatable bonds is 5. The van der Waals surface area contributed by atoms with Gasteiger partial charge in [0.1, 0.15) is 11.4 Å². The number of nitrogens with two attached hydrogens (primary N) is 1. The number of pyridine rings is 1. The summed E-state index contributed by atoms with van der Waals surface area (Å²) in [5.41, 5.74) is 5.14. The molecule has 1 amide bonds. The molecule has 15 heteroatoms. The fourth-order valence-corrected chi connectivity index (χ4v) is 5.65. The third-order valence-electron chi connectivity index (χ3n) is 7.37. The van der Waals surface area contributed by atoms with Crippen molar-refractivity contribution in [1.29, 1.82) is 0 Å². The number of nitrogens with zero attached hydrogens (tertiary/aromatic N) is 2. The van der Waals surface area contributed by atoms with E-state index in [1.54, 1.807) is 11.5 Å². The second-order valence-electron chi connectivity index (χ2n) is 10.4. The van der Waals surface area contributed by atoms with Gasteiger partial charge in [0.2, 0.25) is 11.3 Å². The highest BCUT2D eigenvalue weighted by atomic mass is 35.5. The summed E-state index contributed by atoms with van der Waals surface area (Å²) in [6.45, 7) is 2.64. The van der Waals surface area contributed by atoms with Crippen molar-refractivity contribution in [1.82, 2.24) is 9.88 Å². The van der Waals surface area contributed by atoms with Crippen molar-refractivity contribution in [2.24, 2.45) is 17.6 Å². The van der Waals surface area contributed by atoms with Gasteiger partial charge >= 0.3 is 18.1 Å². The van der Waals surface area contributed by atoms with Gasteiger partial charge in [-0.15, -0.1) is 0 Å². The van der Waals surface area contributed by atoms with Crippen molar-refractivity contribution >= 4 is 46.0 Å². The molecule has 4 atom stereocenters. The van der Waals surface area contributed by atoms with E-state index in [4.69, 9.17) is 27.2 Å². The molecule has 1 saturated carbocycles. The number of nitrogens with one attached hydrogen (secondary N) is 1. The van der Waals surface area contributed by atoms with Crippen molar-refractivity contribution in [3.05, 3.63) is 51.0 Å². The Kier molecular flexibility index (Phi) is 8.37. The molecule has 222 valence electrons. The van der Waals surface area contributed by atoms with Crippen molar-refractivity contribution in [3.8, 4) is 0 Å². The molecule has 2 aliphatic carbocycles. The van der Waals surface area contributed by atoms with Crippen LogP contribution in [0.1, 0.15) is 42.6 Å². The lowest BCUT2D eigenvalue weighted by atomic mass is 9.82. The average Bonchev–Trinajstić information content (AvgIpc) is 3.63. The topological polar surface area (TPSA) is 155 Å². The number of hydrogen-bond acceptors (Lipinski definition) is 6. The van der Waals surface area contributed by atoms with Gasteiger partial charge < -0.3 is 30.7 Å². The zero-order valence-electron chi connectivity index (χ0n) is 21.6. The maximum atomic E-state index is 15.5. The average molecular weight is 603 g/mol. The third kappa shape index (κ3) is 6.17. The number of anilines is 1. The summed E-state index contributed by atoms with van der Waals surface area (Å²) in [4.78, 5) is 47.4. The number of fused-ring (bicyclic) bond motifs is 2. The van der Waals surface area contributed by atoms with E-state index in [1.807, 2.05) is 17.1 Å². The molecule has 1 aromatic heterocycles. The SMILES string of the molecule is C[C@H](N)C(=O)NC1C=CCC2CN(c3c(F)cc4c(=O)c(C(=O)O)cn(C5CC5)c4c3Cl)CC21.O=C(O)C(F)(F)F. The molecule has 2 aromatic rings. The summed E-state index contributed by atoms with van der Waals surface area (Å²) >= 11 is 6.78. The van der Waals surface area contributed by atoms with Crippen LogP contribution >= 0.6 is 11.6 Å². The summed E-state index contributed by atoms with van der Waals surface area (Å²) in [5, 5.41) is 19.6. The smallest absolute Gasteiger partial charge is 0.477 e. The molecule has 10 nitrogen and oxygen atoms in total. The second kappa shape index (κ2) is 11.3. The van der Waals surface area contributed by atoms with Crippen LogP contribution in [0.2, 0.25) is 5.02 Å². The van der Waals surface area contributed by atoms with Crippen molar-refractivity contribution in [3.63, 3.8) is 0 Å². The van der Waals surface area contributed by atoms with Crippen LogP contribution in [0.5, 0.6) is 0 Å². The first-order valence-corrected chi connectivity index (χ1v) is 13.1. The molecular formula is C26H27ClF4N4O6. The van der Waals surface area contributed by atoms with Crippen LogP contribution in [0.3, 0.4) is 0 Å². The van der Waals surface area contributed by atoms with Crippen LogP contribution in [-0.4, -0.2) is 64.0 Å². The Balaban J connectivity index is 0.000000493. The molecule has 3 aliphatic rings. The molecule has 0 spiro atoms. The Hall–Kier alpha value is -3.65. The minimum absolute atomic E-state index is 0.0280. The van der Waals surface area contributed by atoms with E-state index in [0.717, 1.165) is 25.3 Å². The molecule has 0 radical (unpaired) electrons. The Morgan fingerprint density at radius 1 is 1.20 bits per heavy atom. The van der Waals surface area contributed by atoms with E-state index in [0.29, 0.717) is 18.6 Å². The molecule has 1 aromatic carbocycles. The number of carbonyl (C=O) groups is 3. The molecule has 3 unspecified atom stereocenters. The number of carbonyl (C=O) groups excluding carboxylic acids is 1. The van der Waals surface area contributed by atoms with Crippen LogP contribution in [0, 0.1) is 17.7 Å². The number of allylic oxidation sites excluding steroid dienone is 1. The van der Waals surface area contributed by atoms with Crippen molar-refractivity contribution < 1.29 is 42.2 Å². The first-order valence-electron chi connectivity index (χ1n) is 12.7. The van der Waals surface area contributed by atoms with Gasteiger partial charge in [-0.3, -0.25) is 9.59 Å². The summed E-state index contributed by atoms with van der Waals surface area (Å²) in [7, 11) is 0. The zero-order valence-corrected chi connectivity index (χ0v) is 22.4. The van der Waals surface area contributed by atoms with E-state index in [1.165, 1.54) is 6.20 Å². The van der Waals surface area contributed by atoms with Gasteiger partial charge in [-0.1, -0.05) is 23.8 Å². The van der Waals surface area contributed by atoms with Crippen LogP contribution in [0.25, 0.3) is 10.9 Å². The first-order chi connectivity index (χ1) is 19.1.